The molecule has 0 radical (unpaired) electrons. The van der Waals surface area contributed by atoms with Gasteiger partial charge in [0.2, 0.25) is 0 Å². The summed E-state index contributed by atoms with van der Waals surface area (Å²) in [5.74, 6) is -0.302. The summed E-state index contributed by atoms with van der Waals surface area (Å²) in [6.45, 7) is 2.20. The van der Waals surface area contributed by atoms with Crippen LogP contribution in [0.5, 0.6) is 5.75 Å². The second kappa shape index (κ2) is 6.43. The highest BCUT2D eigenvalue weighted by molar-refractivity contribution is 6.31. The van der Waals surface area contributed by atoms with Gasteiger partial charge in [-0.1, -0.05) is 17.3 Å². The number of carbonyl (C=O) groups is 1. The molecule has 2 aromatic rings. The molecule has 5 nitrogen and oxygen atoms in total. The number of oxime groups is 1. The van der Waals surface area contributed by atoms with Crippen molar-refractivity contribution in [3.05, 3.63) is 65.2 Å². The van der Waals surface area contributed by atoms with Gasteiger partial charge >= 0.3 is 5.97 Å². The predicted molar refractivity (Wildman–Crippen MR) is 96.6 cm³/mol. The van der Waals surface area contributed by atoms with Crippen LogP contribution in [0.15, 0.2) is 59.3 Å². The van der Waals surface area contributed by atoms with E-state index in [0.717, 1.165) is 24.2 Å². The molecular formula is C20H18N2O3. The average molecular weight is 334 g/mol. The predicted octanol–water partition coefficient (Wildman–Crippen LogP) is 3.34. The van der Waals surface area contributed by atoms with Crippen LogP contribution in [0.2, 0.25) is 0 Å². The number of hydrogen-bond donors (Lipinski definition) is 1. The Labute approximate surface area is 145 Å². The third-order valence-corrected chi connectivity index (χ3v) is 4.51. The van der Waals surface area contributed by atoms with E-state index in [0.29, 0.717) is 11.3 Å². The molecule has 2 aliphatic rings. The van der Waals surface area contributed by atoms with Crippen LogP contribution in [0, 0.1) is 0 Å². The summed E-state index contributed by atoms with van der Waals surface area (Å²) in [7, 11) is 0. The summed E-state index contributed by atoms with van der Waals surface area (Å²) in [4.78, 5) is 19.3. The van der Waals surface area contributed by atoms with Crippen molar-refractivity contribution in [1.82, 2.24) is 0 Å². The summed E-state index contributed by atoms with van der Waals surface area (Å²) in [5.41, 5.74) is 3.75. The van der Waals surface area contributed by atoms with Crippen molar-refractivity contribution in [3.63, 3.8) is 0 Å². The highest BCUT2D eigenvalue weighted by Crippen LogP contribution is 2.24. The normalized spacial score (nSPS) is 18.6. The molecular weight excluding hydrogens is 316 g/mol. The zero-order valence-corrected chi connectivity index (χ0v) is 13.7. The van der Waals surface area contributed by atoms with Gasteiger partial charge in [0.25, 0.3) is 0 Å². The lowest BCUT2D eigenvalue weighted by molar-refractivity contribution is -0.136. The van der Waals surface area contributed by atoms with Gasteiger partial charge in [0.05, 0.1) is 5.57 Å². The average Bonchev–Trinajstić information content (AvgIpc) is 3.28. The molecule has 0 aromatic heterocycles. The van der Waals surface area contributed by atoms with Crippen molar-refractivity contribution in [2.75, 3.05) is 18.0 Å². The molecule has 2 heterocycles. The molecule has 1 saturated heterocycles. The zero-order valence-electron chi connectivity index (χ0n) is 13.7. The maximum Gasteiger partial charge on any atom is 0.368 e. The fourth-order valence-corrected chi connectivity index (χ4v) is 3.16. The minimum Gasteiger partial charge on any atom is -0.508 e. The Morgan fingerprint density at radius 3 is 2.36 bits per heavy atom. The molecule has 25 heavy (non-hydrogen) atoms. The molecule has 4 rings (SSSR count). The maximum atomic E-state index is 12.0. The first-order chi connectivity index (χ1) is 12.2. The van der Waals surface area contributed by atoms with Crippen LogP contribution in [0.3, 0.4) is 0 Å². The number of aromatic hydroxyl groups is 1. The lowest BCUT2D eigenvalue weighted by Gasteiger charge is -2.17. The summed E-state index contributed by atoms with van der Waals surface area (Å²) in [5, 5.41) is 13.3. The minimum atomic E-state index is -0.466. The fraction of sp³-hybridized carbons (Fsp3) is 0.200. The largest absolute Gasteiger partial charge is 0.508 e. The first-order valence-corrected chi connectivity index (χ1v) is 8.36. The van der Waals surface area contributed by atoms with E-state index in [1.54, 1.807) is 30.3 Å². The molecule has 2 aliphatic heterocycles. The molecule has 0 amide bonds. The summed E-state index contributed by atoms with van der Waals surface area (Å²) in [6, 6.07) is 14.7. The Bertz CT molecular complexity index is 846. The minimum absolute atomic E-state index is 0.164. The van der Waals surface area contributed by atoms with Crippen LogP contribution in [0.4, 0.5) is 5.69 Å². The van der Waals surface area contributed by atoms with Gasteiger partial charge in [-0.25, -0.2) is 4.79 Å². The number of anilines is 1. The van der Waals surface area contributed by atoms with Gasteiger partial charge in [0, 0.05) is 24.3 Å². The number of phenolic OH excluding ortho intramolecular Hbond substituents is 1. The van der Waals surface area contributed by atoms with Gasteiger partial charge in [0.1, 0.15) is 11.5 Å². The van der Waals surface area contributed by atoms with Crippen molar-refractivity contribution in [2.24, 2.45) is 5.16 Å². The van der Waals surface area contributed by atoms with E-state index in [9.17, 15) is 9.90 Å². The Balaban J connectivity index is 1.61. The quantitative estimate of drug-likeness (QED) is 0.691. The van der Waals surface area contributed by atoms with Crippen LogP contribution >= 0.6 is 0 Å². The molecule has 1 N–H and O–H groups in total. The third-order valence-electron chi connectivity index (χ3n) is 4.51. The highest BCUT2D eigenvalue weighted by Gasteiger charge is 2.26. The Morgan fingerprint density at radius 1 is 1.00 bits per heavy atom. The maximum absolute atomic E-state index is 12.0. The van der Waals surface area contributed by atoms with E-state index in [1.165, 1.54) is 18.5 Å². The van der Waals surface area contributed by atoms with Gasteiger partial charge in [-0.2, -0.15) is 0 Å². The van der Waals surface area contributed by atoms with Crippen LogP contribution in [0.25, 0.3) is 6.08 Å². The Hall–Kier alpha value is -3.08. The second-order valence-electron chi connectivity index (χ2n) is 6.21. The summed E-state index contributed by atoms with van der Waals surface area (Å²) in [6.07, 6.45) is 4.27. The molecule has 0 atom stereocenters. The molecule has 1 fully saturated rings. The van der Waals surface area contributed by atoms with Gasteiger partial charge in [0.15, 0.2) is 0 Å². The van der Waals surface area contributed by atoms with Gasteiger partial charge in [-0.15, -0.1) is 0 Å². The number of benzene rings is 2. The van der Waals surface area contributed by atoms with Crippen molar-refractivity contribution >= 4 is 23.4 Å². The standard InChI is InChI=1S/C20H18N2O3/c23-17-9-5-15(6-10-17)19-18(20(24)25-21-19)13-14-3-7-16(8-4-14)22-11-1-2-12-22/h3-10,13,23H,1-2,11-12H2/b18-13-. The number of carbonyl (C=O) groups excluding carboxylic acids is 1. The van der Waals surface area contributed by atoms with E-state index < -0.39 is 5.97 Å². The molecule has 0 spiro atoms. The van der Waals surface area contributed by atoms with Crippen LogP contribution in [-0.4, -0.2) is 29.9 Å². The Morgan fingerprint density at radius 2 is 1.68 bits per heavy atom. The number of hydrogen-bond acceptors (Lipinski definition) is 5. The molecule has 0 bridgehead atoms. The van der Waals surface area contributed by atoms with Gasteiger partial charge < -0.3 is 14.8 Å². The van der Waals surface area contributed by atoms with Crippen molar-refractivity contribution in [3.8, 4) is 5.75 Å². The second-order valence-corrected chi connectivity index (χ2v) is 6.21. The van der Waals surface area contributed by atoms with E-state index in [-0.39, 0.29) is 5.75 Å². The van der Waals surface area contributed by atoms with E-state index in [4.69, 9.17) is 4.84 Å². The molecule has 126 valence electrons. The monoisotopic (exact) mass is 334 g/mol. The van der Waals surface area contributed by atoms with Crippen LogP contribution < -0.4 is 4.90 Å². The lowest BCUT2D eigenvalue weighted by Crippen LogP contribution is -2.17. The SMILES string of the molecule is O=C1ON=C(c2ccc(O)cc2)/C1=C/c1ccc(N2CCCC2)cc1. The smallest absolute Gasteiger partial charge is 0.368 e. The number of nitrogens with zero attached hydrogens (tertiary/aromatic N) is 2. The third kappa shape index (κ3) is 3.13. The fourth-order valence-electron chi connectivity index (χ4n) is 3.16. The molecule has 5 heteroatoms. The molecule has 0 saturated carbocycles. The molecule has 2 aromatic carbocycles. The van der Waals surface area contributed by atoms with E-state index in [1.807, 2.05) is 12.1 Å². The molecule has 0 aliphatic carbocycles. The number of phenols is 1. The number of rotatable bonds is 3. The van der Waals surface area contributed by atoms with Crippen molar-refractivity contribution < 1.29 is 14.7 Å². The van der Waals surface area contributed by atoms with Crippen LogP contribution in [0.1, 0.15) is 24.0 Å². The van der Waals surface area contributed by atoms with Gasteiger partial charge in [-0.05, 0) is 60.9 Å². The topological polar surface area (TPSA) is 62.1 Å². The first kappa shape index (κ1) is 15.4. The summed E-state index contributed by atoms with van der Waals surface area (Å²) >= 11 is 0. The zero-order chi connectivity index (χ0) is 17.2. The first-order valence-electron chi connectivity index (χ1n) is 8.36. The van der Waals surface area contributed by atoms with Crippen molar-refractivity contribution in [1.29, 1.82) is 0 Å². The Kier molecular flexibility index (Phi) is 3.98. The summed E-state index contributed by atoms with van der Waals surface area (Å²) < 4.78 is 0. The van der Waals surface area contributed by atoms with E-state index >= 15 is 0 Å². The van der Waals surface area contributed by atoms with E-state index in [2.05, 4.69) is 22.2 Å². The van der Waals surface area contributed by atoms with Crippen molar-refractivity contribution in [2.45, 2.75) is 12.8 Å². The van der Waals surface area contributed by atoms with Gasteiger partial charge in [-0.3, -0.25) is 0 Å². The lowest BCUT2D eigenvalue weighted by atomic mass is 10.0. The molecule has 0 unspecified atom stereocenters. The van der Waals surface area contributed by atoms with Crippen LogP contribution in [-0.2, 0) is 9.63 Å². The highest BCUT2D eigenvalue weighted by atomic mass is 16.7.